The number of nitrogens with one attached hydrogen (secondary N) is 2. The van der Waals surface area contributed by atoms with Gasteiger partial charge in [0.25, 0.3) is 0 Å². The van der Waals surface area contributed by atoms with Crippen molar-refractivity contribution in [1.29, 1.82) is 0 Å². The molecule has 2 N–H and O–H groups in total. The third kappa shape index (κ3) is 2.42. The van der Waals surface area contributed by atoms with Gasteiger partial charge in [-0.2, -0.15) is 10.2 Å². The van der Waals surface area contributed by atoms with Gasteiger partial charge in [0.15, 0.2) is 0 Å². The molecule has 0 aliphatic heterocycles. The molecule has 2 heterocycles. The smallest absolute Gasteiger partial charge is 0.0653 e. The quantitative estimate of drug-likeness (QED) is 0.764. The summed E-state index contributed by atoms with van der Waals surface area (Å²) in [6, 6.07) is 12.5. The van der Waals surface area contributed by atoms with Crippen molar-refractivity contribution < 1.29 is 0 Å². The van der Waals surface area contributed by atoms with E-state index in [0.717, 1.165) is 22.6 Å². The van der Waals surface area contributed by atoms with Crippen molar-refractivity contribution in [2.75, 3.05) is 5.32 Å². The summed E-state index contributed by atoms with van der Waals surface area (Å²) in [5, 5.41) is 14.6. The van der Waals surface area contributed by atoms with Gasteiger partial charge in [0.05, 0.1) is 17.4 Å². The second kappa shape index (κ2) is 5.21. The van der Waals surface area contributed by atoms with E-state index in [2.05, 4.69) is 51.8 Å². The molecule has 0 saturated carbocycles. The Labute approximate surface area is 117 Å². The van der Waals surface area contributed by atoms with E-state index in [1.807, 2.05) is 30.1 Å². The van der Waals surface area contributed by atoms with Crippen LogP contribution in [-0.4, -0.2) is 20.0 Å². The Bertz CT molecular complexity index is 667. The van der Waals surface area contributed by atoms with Crippen LogP contribution < -0.4 is 5.32 Å². The van der Waals surface area contributed by atoms with E-state index in [9.17, 15) is 0 Å². The number of benzene rings is 1. The fourth-order valence-corrected chi connectivity index (χ4v) is 2.30. The molecule has 0 radical (unpaired) electrons. The maximum absolute atomic E-state index is 4.19. The third-order valence-electron chi connectivity index (χ3n) is 3.38. The Hall–Kier alpha value is -2.56. The maximum Gasteiger partial charge on any atom is 0.0653 e. The first-order valence-corrected chi connectivity index (χ1v) is 6.58. The lowest BCUT2D eigenvalue weighted by Crippen LogP contribution is -2.11. The molecule has 0 aliphatic carbocycles. The predicted octanol–water partition coefficient (Wildman–Crippen LogP) is 2.98. The molecule has 20 heavy (non-hydrogen) atoms. The van der Waals surface area contributed by atoms with Crippen molar-refractivity contribution >= 4 is 5.69 Å². The first-order valence-electron chi connectivity index (χ1n) is 6.58. The molecule has 0 saturated heterocycles. The summed E-state index contributed by atoms with van der Waals surface area (Å²) in [7, 11) is 1.95. The number of aromatic amines is 1. The largest absolute Gasteiger partial charge is 0.377 e. The van der Waals surface area contributed by atoms with Gasteiger partial charge in [0.1, 0.15) is 0 Å². The summed E-state index contributed by atoms with van der Waals surface area (Å²) in [5.74, 6) is 0. The van der Waals surface area contributed by atoms with Crippen molar-refractivity contribution in [3.63, 3.8) is 0 Å². The minimum Gasteiger partial charge on any atom is -0.377 e. The second-order valence-corrected chi connectivity index (χ2v) is 4.79. The molecule has 0 fully saturated rings. The van der Waals surface area contributed by atoms with Gasteiger partial charge in [-0.1, -0.05) is 12.1 Å². The lowest BCUT2D eigenvalue weighted by Gasteiger charge is -2.15. The van der Waals surface area contributed by atoms with Gasteiger partial charge >= 0.3 is 0 Å². The van der Waals surface area contributed by atoms with Crippen LogP contribution in [0.5, 0.6) is 0 Å². The van der Waals surface area contributed by atoms with E-state index in [1.165, 1.54) is 0 Å². The SMILES string of the molecule is CC(Nc1ccc(-c2ccn[nH]2)cc1)c1ccnn1C. The van der Waals surface area contributed by atoms with Gasteiger partial charge in [-0.3, -0.25) is 9.78 Å². The molecule has 0 amide bonds. The lowest BCUT2D eigenvalue weighted by molar-refractivity contribution is 0.676. The highest BCUT2D eigenvalue weighted by atomic mass is 15.3. The Morgan fingerprint density at radius 2 is 1.90 bits per heavy atom. The molecule has 2 aromatic heterocycles. The molecule has 1 aromatic carbocycles. The Morgan fingerprint density at radius 3 is 2.50 bits per heavy atom. The summed E-state index contributed by atoms with van der Waals surface area (Å²) >= 11 is 0. The van der Waals surface area contributed by atoms with Crippen LogP contribution in [0.15, 0.2) is 48.8 Å². The van der Waals surface area contributed by atoms with Crippen LogP contribution in [-0.2, 0) is 7.05 Å². The van der Waals surface area contributed by atoms with Crippen LogP contribution in [0.25, 0.3) is 11.3 Å². The monoisotopic (exact) mass is 267 g/mol. The highest BCUT2D eigenvalue weighted by molar-refractivity contribution is 5.62. The summed E-state index contributed by atoms with van der Waals surface area (Å²) in [4.78, 5) is 0. The number of anilines is 1. The van der Waals surface area contributed by atoms with Gasteiger partial charge in [0, 0.05) is 25.1 Å². The van der Waals surface area contributed by atoms with E-state index in [4.69, 9.17) is 0 Å². The van der Waals surface area contributed by atoms with Crippen molar-refractivity contribution in [2.24, 2.45) is 7.05 Å². The lowest BCUT2D eigenvalue weighted by atomic mass is 10.1. The van der Waals surface area contributed by atoms with Crippen LogP contribution >= 0.6 is 0 Å². The molecule has 0 bridgehead atoms. The van der Waals surface area contributed by atoms with E-state index < -0.39 is 0 Å². The minimum atomic E-state index is 0.209. The summed E-state index contributed by atoms with van der Waals surface area (Å²) in [5.41, 5.74) is 4.39. The van der Waals surface area contributed by atoms with Gasteiger partial charge < -0.3 is 5.32 Å². The van der Waals surface area contributed by atoms with Gasteiger partial charge in [-0.25, -0.2) is 0 Å². The normalized spacial score (nSPS) is 12.3. The summed E-state index contributed by atoms with van der Waals surface area (Å²) in [6.45, 7) is 2.12. The van der Waals surface area contributed by atoms with Crippen LogP contribution in [0, 0.1) is 0 Å². The first kappa shape index (κ1) is 12.5. The fourth-order valence-electron chi connectivity index (χ4n) is 2.30. The number of rotatable bonds is 4. The first-order chi connectivity index (χ1) is 9.74. The molecule has 3 aromatic rings. The molecule has 0 aliphatic rings. The van der Waals surface area contributed by atoms with Crippen LogP contribution in [0.3, 0.4) is 0 Å². The van der Waals surface area contributed by atoms with E-state index in [1.54, 1.807) is 6.20 Å². The number of H-pyrrole nitrogens is 1. The molecule has 3 rings (SSSR count). The van der Waals surface area contributed by atoms with Crippen molar-refractivity contribution in [3.05, 3.63) is 54.5 Å². The zero-order valence-electron chi connectivity index (χ0n) is 11.5. The Morgan fingerprint density at radius 1 is 1.10 bits per heavy atom. The number of hydrogen-bond acceptors (Lipinski definition) is 3. The molecular formula is C15H17N5. The van der Waals surface area contributed by atoms with Gasteiger partial charge in [-0.15, -0.1) is 0 Å². The number of aryl methyl sites for hydroxylation is 1. The van der Waals surface area contributed by atoms with Crippen molar-refractivity contribution in [3.8, 4) is 11.3 Å². The number of hydrogen-bond donors (Lipinski definition) is 2. The average molecular weight is 267 g/mol. The second-order valence-electron chi connectivity index (χ2n) is 4.79. The minimum absolute atomic E-state index is 0.209. The molecule has 1 unspecified atom stereocenters. The molecule has 0 spiro atoms. The van der Waals surface area contributed by atoms with Crippen molar-refractivity contribution in [2.45, 2.75) is 13.0 Å². The Kier molecular flexibility index (Phi) is 3.25. The molecule has 102 valence electrons. The zero-order chi connectivity index (χ0) is 13.9. The van der Waals surface area contributed by atoms with Gasteiger partial charge in [-0.05, 0) is 36.8 Å². The standard InChI is InChI=1S/C15H17N5/c1-11(15-8-10-17-20(15)2)18-13-5-3-12(4-6-13)14-7-9-16-19-14/h3-11,18H,1-2H3,(H,16,19). The average Bonchev–Trinajstić information content (AvgIpc) is 3.10. The summed E-state index contributed by atoms with van der Waals surface area (Å²) < 4.78 is 1.89. The molecule has 5 heteroatoms. The Balaban J connectivity index is 1.74. The van der Waals surface area contributed by atoms with E-state index in [0.29, 0.717) is 0 Å². The molecule has 1 atom stereocenters. The van der Waals surface area contributed by atoms with Crippen LogP contribution in [0.4, 0.5) is 5.69 Å². The zero-order valence-corrected chi connectivity index (χ0v) is 11.5. The molecular weight excluding hydrogens is 250 g/mol. The van der Waals surface area contributed by atoms with E-state index in [-0.39, 0.29) is 6.04 Å². The predicted molar refractivity (Wildman–Crippen MR) is 79.3 cm³/mol. The number of nitrogens with zero attached hydrogens (tertiary/aromatic N) is 3. The highest BCUT2D eigenvalue weighted by Crippen LogP contribution is 2.22. The maximum atomic E-state index is 4.19. The topological polar surface area (TPSA) is 58.5 Å². The number of aromatic nitrogens is 4. The highest BCUT2D eigenvalue weighted by Gasteiger charge is 2.09. The van der Waals surface area contributed by atoms with Crippen LogP contribution in [0.1, 0.15) is 18.7 Å². The van der Waals surface area contributed by atoms with E-state index >= 15 is 0 Å². The molecule has 5 nitrogen and oxygen atoms in total. The summed E-state index contributed by atoms with van der Waals surface area (Å²) in [6.07, 6.45) is 3.57. The fraction of sp³-hybridized carbons (Fsp3) is 0.200. The van der Waals surface area contributed by atoms with Crippen LogP contribution in [0.2, 0.25) is 0 Å². The third-order valence-corrected chi connectivity index (χ3v) is 3.38. The van der Waals surface area contributed by atoms with Crippen molar-refractivity contribution in [1.82, 2.24) is 20.0 Å². The van der Waals surface area contributed by atoms with Gasteiger partial charge in [0.2, 0.25) is 0 Å².